The third kappa shape index (κ3) is 5.34. The van der Waals surface area contributed by atoms with E-state index in [4.69, 9.17) is 0 Å². The fraction of sp³-hybridized carbons (Fsp3) is 0.682. The number of carboxylic acids is 1. The predicted molar refractivity (Wildman–Crippen MR) is 117 cm³/mol. The number of likely N-dealkylation sites (tertiary alicyclic amines) is 2. The van der Waals surface area contributed by atoms with Crippen LogP contribution in [0.25, 0.3) is 0 Å². The van der Waals surface area contributed by atoms with Gasteiger partial charge in [-0.05, 0) is 47.1 Å². The maximum Gasteiger partial charge on any atom is 0.332 e. The molecular weight excluding hydrogens is 400 g/mol. The summed E-state index contributed by atoms with van der Waals surface area (Å²) >= 11 is 0. The van der Waals surface area contributed by atoms with Crippen molar-refractivity contribution in [1.29, 1.82) is 0 Å². The van der Waals surface area contributed by atoms with Crippen molar-refractivity contribution in [3.8, 4) is 0 Å². The lowest BCUT2D eigenvalue weighted by Crippen LogP contribution is -2.75. The number of aliphatic carboxylic acids is 1. The zero-order valence-electron chi connectivity index (χ0n) is 19.1. The Bertz CT molecular complexity index is 751. The van der Waals surface area contributed by atoms with Gasteiger partial charge in [-0.2, -0.15) is 0 Å². The second-order valence-corrected chi connectivity index (χ2v) is 9.61. The summed E-state index contributed by atoms with van der Waals surface area (Å²) in [6.07, 6.45) is 1.50. The molecule has 0 aromatic carbocycles. The summed E-state index contributed by atoms with van der Waals surface area (Å²) in [4.78, 5) is 40.1. The maximum absolute atomic E-state index is 12.7. The molecule has 174 valence electrons. The topological polar surface area (TPSA) is 122 Å². The summed E-state index contributed by atoms with van der Waals surface area (Å²) in [5, 5.41) is 25.7. The molecule has 2 aliphatic heterocycles. The van der Waals surface area contributed by atoms with Gasteiger partial charge in [-0.3, -0.25) is 19.4 Å². The van der Waals surface area contributed by atoms with Crippen LogP contribution < -0.4 is 10.6 Å². The molecule has 4 N–H and O–H groups in total. The van der Waals surface area contributed by atoms with Crippen LogP contribution in [-0.2, 0) is 14.4 Å². The van der Waals surface area contributed by atoms with Gasteiger partial charge >= 0.3 is 5.97 Å². The fourth-order valence-electron chi connectivity index (χ4n) is 4.40. The number of hydrogen-bond acceptors (Lipinski definition) is 6. The Labute approximate surface area is 184 Å². The SMILES string of the molecule is C=CC(=O)NC1CN(C(C)CC(=C)C(=O)NC2(C(=O)O)CN(C(C)C)C2)C1C(C)(C)O. The molecule has 9 heteroatoms. The minimum Gasteiger partial charge on any atom is -0.479 e. The molecule has 2 aliphatic rings. The molecule has 2 heterocycles. The van der Waals surface area contributed by atoms with Crippen molar-refractivity contribution in [1.82, 2.24) is 20.4 Å². The minimum atomic E-state index is -1.29. The lowest BCUT2D eigenvalue weighted by Gasteiger charge is -2.55. The van der Waals surface area contributed by atoms with Crippen LogP contribution in [0.4, 0.5) is 0 Å². The van der Waals surface area contributed by atoms with Gasteiger partial charge in [0.05, 0.1) is 17.7 Å². The van der Waals surface area contributed by atoms with E-state index in [-0.39, 0.29) is 48.7 Å². The largest absolute Gasteiger partial charge is 0.479 e. The van der Waals surface area contributed by atoms with Crippen LogP contribution >= 0.6 is 0 Å². The number of carbonyl (C=O) groups is 3. The second kappa shape index (κ2) is 9.10. The Kier molecular flexibility index (Phi) is 7.35. The number of nitrogens with zero attached hydrogens (tertiary/aromatic N) is 2. The summed E-state index contributed by atoms with van der Waals surface area (Å²) in [7, 11) is 0. The van der Waals surface area contributed by atoms with Crippen LogP contribution in [0.1, 0.15) is 41.0 Å². The Hall–Kier alpha value is -2.23. The Balaban J connectivity index is 1.98. The highest BCUT2D eigenvalue weighted by Crippen LogP contribution is 2.32. The Morgan fingerprint density at radius 2 is 1.84 bits per heavy atom. The first kappa shape index (κ1) is 25.0. The molecule has 2 rings (SSSR count). The first-order chi connectivity index (χ1) is 14.2. The normalized spacial score (nSPS) is 24.5. The van der Waals surface area contributed by atoms with Gasteiger partial charge in [-0.25, -0.2) is 4.79 Å². The molecule has 3 atom stereocenters. The van der Waals surface area contributed by atoms with E-state index in [1.807, 2.05) is 30.6 Å². The summed E-state index contributed by atoms with van der Waals surface area (Å²) < 4.78 is 0. The molecule has 2 saturated heterocycles. The Morgan fingerprint density at radius 3 is 2.29 bits per heavy atom. The smallest absolute Gasteiger partial charge is 0.332 e. The molecule has 31 heavy (non-hydrogen) atoms. The molecule has 9 nitrogen and oxygen atoms in total. The zero-order valence-corrected chi connectivity index (χ0v) is 19.1. The van der Waals surface area contributed by atoms with Crippen molar-refractivity contribution in [2.45, 2.75) is 76.3 Å². The van der Waals surface area contributed by atoms with Crippen LogP contribution in [-0.4, -0.2) is 92.7 Å². The van der Waals surface area contributed by atoms with E-state index in [9.17, 15) is 24.6 Å². The molecule has 3 unspecified atom stereocenters. The van der Waals surface area contributed by atoms with Crippen LogP contribution in [0.3, 0.4) is 0 Å². The minimum absolute atomic E-state index is 0.138. The summed E-state index contributed by atoms with van der Waals surface area (Å²) in [5.74, 6) is -1.83. The van der Waals surface area contributed by atoms with E-state index >= 15 is 0 Å². The number of nitrogens with one attached hydrogen (secondary N) is 2. The summed E-state index contributed by atoms with van der Waals surface area (Å²) in [6, 6.07) is -0.505. The molecule has 0 saturated carbocycles. The van der Waals surface area contributed by atoms with E-state index in [0.29, 0.717) is 13.0 Å². The highest BCUT2D eigenvalue weighted by molar-refractivity contribution is 5.97. The zero-order chi connectivity index (χ0) is 23.7. The first-order valence-electron chi connectivity index (χ1n) is 10.6. The van der Waals surface area contributed by atoms with Crippen LogP contribution in [0.15, 0.2) is 24.8 Å². The van der Waals surface area contributed by atoms with E-state index in [1.54, 1.807) is 13.8 Å². The van der Waals surface area contributed by atoms with Crippen molar-refractivity contribution in [3.05, 3.63) is 24.8 Å². The molecule has 0 aromatic heterocycles. The highest BCUT2D eigenvalue weighted by atomic mass is 16.4. The van der Waals surface area contributed by atoms with E-state index < -0.39 is 23.0 Å². The van der Waals surface area contributed by atoms with Crippen molar-refractivity contribution in [2.24, 2.45) is 0 Å². The Morgan fingerprint density at radius 1 is 1.26 bits per heavy atom. The van der Waals surface area contributed by atoms with Crippen LogP contribution in [0, 0.1) is 0 Å². The van der Waals surface area contributed by atoms with E-state index in [1.165, 1.54) is 6.08 Å². The monoisotopic (exact) mass is 436 g/mol. The lowest BCUT2D eigenvalue weighted by atomic mass is 9.81. The lowest BCUT2D eigenvalue weighted by molar-refractivity contribution is -0.156. The van der Waals surface area contributed by atoms with Crippen LogP contribution in [0.2, 0.25) is 0 Å². The van der Waals surface area contributed by atoms with Crippen LogP contribution in [0.5, 0.6) is 0 Å². The molecule has 2 amide bonds. The highest BCUT2D eigenvalue weighted by Gasteiger charge is 2.52. The van der Waals surface area contributed by atoms with Gasteiger partial charge in [0.25, 0.3) is 0 Å². The molecule has 0 aromatic rings. The quantitative estimate of drug-likeness (QED) is 0.359. The molecule has 2 fully saturated rings. The number of rotatable bonds is 10. The number of carbonyl (C=O) groups excluding carboxylic acids is 2. The second-order valence-electron chi connectivity index (χ2n) is 9.61. The fourth-order valence-corrected chi connectivity index (χ4v) is 4.40. The van der Waals surface area contributed by atoms with E-state index in [0.717, 1.165) is 0 Å². The molecule has 0 bridgehead atoms. The summed E-state index contributed by atoms with van der Waals surface area (Å²) in [6.45, 7) is 17.6. The van der Waals surface area contributed by atoms with Gasteiger partial charge in [0.15, 0.2) is 5.54 Å². The molecule has 0 radical (unpaired) electrons. The van der Waals surface area contributed by atoms with E-state index in [2.05, 4.69) is 23.8 Å². The third-order valence-electron chi connectivity index (χ3n) is 6.25. The third-order valence-corrected chi connectivity index (χ3v) is 6.25. The molecule has 0 aliphatic carbocycles. The number of hydrogen-bond donors (Lipinski definition) is 4. The van der Waals surface area contributed by atoms with Gasteiger partial charge in [0, 0.05) is 37.3 Å². The van der Waals surface area contributed by atoms with Crippen molar-refractivity contribution < 1.29 is 24.6 Å². The first-order valence-corrected chi connectivity index (χ1v) is 10.6. The van der Waals surface area contributed by atoms with Gasteiger partial charge in [-0.15, -0.1) is 0 Å². The van der Waals surface area contributed by atoms with Crippen molar-refractivity contribution in [3.63, 3.8) is 0 Å². The van der Waals surface area contributed by atoms with Crippen molar-refractivity contribution in [2.75, 3.05) is 19.6 Å². The predicted octanol–water partition coefficient (Wildman–Crippen LogP) is 0.111. The average Bonchev–Trinajstić information content (AvgIpc) is 2.57. The number of amides is 2. The van der Waals surface area contributed by atoms with Gasteiger partial charge in [-0.1, -0.05) is 13.2 Å². The van der Waals surface area contributed by atoms with Gasteiger partial charge < -0.3 is 20.8 Å². The van der Waals surface area contributed by atoms with Crippen molar-refractivity contribution >= 4 is 17.8 Å². The standard InChI is InChI=1S/C22H36N4O5/c1-8-17(27)23-16-10-26(18(16)21(6,7)31)15(5)9-14(4)19(28)24-22(20(29)30)11-25(12-22)13(2)3/h8,13,15-16,18,31H,1,4,9-12H2,2-3,5-7H3,(H,23,27)(H,24,28)(H,29,30). The average molecular weight is 437 g/mol. The molecular formula is C22H36N4O5. The molecule has 0 spiro atoms. The van der Waals surface area contributed by atoms with Gasteiger partial charge in [0.2, 0.25) is 11.8 Å². The number of carboxylic acid groups (broad SMARTS) is 1. The van der Waals surface area contributed by atoms with Gasteiger partial charge in [0.1, 0.15) is 0 Å². The number of aliphatic hydroxyl groups is 1. The maximum atomic E-state index is 12.7. The summed E-state index contributed by atoms with van der Waals surface area (Å²) in [5.41, 5.74) is -2.08.